The molecule has 0 bridgehead atoms. The minimum atomic E-state index is -1.42. The van der Waals surface area contributed by atoms with Crippen LogP contribution in [0.25, 0.3) is 10.4 Å². The number of rotatable bonds is 4. The van der Waals surface area contributed by atoms with E-state index in [2.05, 4.69) is 10.0 Å². The Balaban J connectivity index is 2.08. The fraction of sp³-hybridized carbons (Fsp3) is 0.500. The van der Waals surface area contributed by atoms with Gasteiger partial charge in [-0.15, -0.1) is 11.6 Å². The molecule has 0 amide bonds. The van der Waals surface area contributed by atoms with E-state index in [0.29, 0.717) is 11.4 Å². The first-order valence-electron chi connectivity index (χ1n) is 6.14. The second kappa shape index (κ2) is 6.95. The van der Waals surface area contributed by atoms with Gasteiger partial charge in [-0.3, -0.25) is 0 Å². The molecule has 0 saturated carbocycles. The highest BCUT2D eigenvalue weighted by atomic mass is 35.5. The topological polar surface area (TPSA) is 128 Å². The van der Waals surface area contributed by atoms with E-state index in [9.17, 15) is 15.3 Å². The minimum Gasteiger partial charge on any atom is -0.462 e. The predicted octanol–water partition coefficient (Wildman–Crippen LogP) is 1.05. The Bertz CT molecular complexity index is 520. The fourth-order valence-electron chi connectivity index (χ4n) is 1.92. The molecule has 21 heavy (non-hydrogen) atoms. The van der Waals surface area contributed by atoms with Crippen molar-refractivity contribution in [2.45, 2.75) is 30.7 Å². The summed E-state index contributed by atoms with van der Waals surface area (Å²) in [5.74, 6) is 0.286. The summed E-state index contributed by atoms with van der Waals surface area (Å²) in [6.07, 6.45) is -6.15. The van der Waals surface area contributed by atoms with E-state index in [0.717, 1.165) is 0 Å². The van der Waals surface area contributed by atoms with E-state index >= 15 is 0 Å². The summed E-state index contributed by atoms with van der Waals surface area (Å²) in [6.45, 7) is 0. The van der Waals surface area contributed by atoms with Gasteiger partial charge in [-0.25, -0.2) is 0 Å². The Kier molecular flexibility index (Phi) is 5.24. The first-order chi connectivity index (χ1) is 10.1. The predicted molar refractivity (Wildman–Crippen MR) is 73.3 cm³/mol. The molecule has 1 aliphatic rings. The lowest BCUT2D eigenvalue weighted by Gasteiger charge is -2.39. The largest absolute Gasteiger partial charge is 0.462 e. The Hall–Kier alpha value is -1.54. The molecule has 8 nitrogen and oxygen atoms in total. The monoisotopic (exact) mass is 315 g/mol. The van der Waals surface area contributed by atoms with Crippen LogP contribution in [0.15, 0.2) is 29.4 Å². The quantitative estimate of drug-likeness (QED) is 0.331. The number of hydrogen-bond acceptors (Lipinski definition) is 6. The van der Waals surface area contributed by atoms with Crippen LogP contribution in [0.5, 0.6) is 5.75 Å². The zero-order valence-electron chi connectivity index (χ0n) is 10.8. The van der Waals surface area contributed by atoms with Crippen molar-refractivity contribution in [3.05, 3.63) is 34.7 Å². The molecule has 3 N–H and O–H groups in total. The molecule has 1 aromatic carbocycles. The van der Waals surface area contributed by atoms with E-state index in [1.54, 1.807) is 0 Å². The summed E-state index contributed by atoms with van der Waals surface area (Å²) in [4.78, 5) is 2.65. The van der Waals surface area contributed by atoms with E-state index in [4.69, 9.17) is 26.6 Å². The molecule has 2 rings (SSSR count). The number of benzene rings is 1. The zero-order chi connectivity index (χ0) is 15.4. The number of ether oxygens (including phenoxy) is 2. The molecule has 0 radical (unpaired) electrons. The maximum atomic E-state index is 9.85. The molecule has 114 valence electrons. The second-order valence-corrected chi connectivity index (χ2v) is 4.78. The number of nitrogens with zero attached hydrogens (tertiary/aromatic N) is 3. The van der Waals surface area contributed by atoms with Crippen LogP contribution in [0, 0.1) is 0 Å². The van der Waals surface area contributed by atoms with Gasteiger partial charge in [0.1, 0.15) is 30.2 Å². The van der Waals surface area contributed by atoms with Crippen molar-refractivity contribution >= 4 is 17.3 Å². The molecule has 9 heteroatoms. The summed E-state index contributed by atoms with van der Waals surface area (Å²) in [6, 6.07) is 6.09. The van der Waals surface area contributed by atoms with Crippen LogP contribution in [0.3, 0.4) is 0 Å². The number of azide groups is 1. The number of aliphatic hydroxyl groups is 3. The maximum absolute atomic E-state index is 9.85. The van der Waals surface area contributed by atoms with Crippen molar-refractivity contribution in [1.29, 1.82) is 0 Å². The molecular weight excluding hydrogens is 302 g/mol. The zero-order valence-corrected chi connectivity index (χ0v) is 11.5. The van der Waals surface area contributed by atoms with Gasteiger partial charge in [0.25, 0.3) is 0 Å². The normalized spacial score (nSPS) is 32.3. The SMILES string of the molecule is [N-]=[N+]=Nc1ccc(O[C@@H]2O[C@H](CCl)[C@@H](O)[C@H](O)[C@@H]2O)cc1. The highest BCUT2D eigenvalue weighted by Crippen LogP contribution is 2.26. The third kappa shape index (κ3) is 3.56. The molecule has 0 aliphatic carbocycles. The molecule has 5 atom stereocenters. The molecule has 1 heterocycles. The highest BCUT2D eigenvalue weighted by molar-refractivity contribution is 6.18. The smallest absolute Gasteiger partial charge is 0.229 e. The van der Waals surface area contributed by atoms with Crippen molar-refractivity contribution < 1.29 is 24.8 Å². The van der Waals surface area contributed by atoms with E-state index in [-0.39, 0.29) is 5.88 Å². The van der Waals surface area contributed by atoms with Gasteiger partial charge >= 0.3 is 0 Å². The molecule has 1 fully saturated rings. The third-order valence-corrected chi connectivity index (χ3v) is 3.37. The van der Waals surface area contributed by atoms with Crippen LogP contribution in [-0.2, 0) is 4.74 Å². The molecule has 0 spiro atoms. The van der Waals surface area contributed by atoms with Gasteiger partial charge in [-0.05, 0) is 29.8 Å². The van der Waals surface area contributed by atoms with Crippen LogP contribution >= 0.6 is 11.6 Å². The van der Waals surface area contributed by atoms with Crippen LogP contribution in [0.4, 0.5) is 5.69 Å². The van der Waals surface area contributed by atoms with Crippen LogP contribution in [-0.4, -0.2) is 51.9 Å². The minimum absolute atomic E-state index is 0.0549. The lowest BCUT2D eigenvalue weighted by molar-refractivity contribution is -0.267. The van der Waals surface area contributed by atoms with Crippen molar-refractivity contribution in [2.75, 3.05) is 5.88 Å². The van der Waals surface area contributed by atoms with Gasteiger partial charge in [0, 0.05) is 10.6 Å². The Morgan fingerprint density at radius 2 is 1.86 bits per heavy atom. The lowest BCUT2D eigenvalue weighted by Crippen LogP contribution is -2.59. The number of halogens is 1. The summed E-state index contributed by atoms with van der Waals surface area (Å²) in [5.41, 5.74) is 8.71. The van der Waals surface area contributed by atoms with Gasteiger partial charge in [0.2, 0.25) is 6.29 Å². The van der Waals surface area contributed by atoms with Crippen LogP contribution in [0.2, 0.25) is 0 Å². The summed E-state index contributed by atoms with van der Waals surface area (Å²) in [5, 5.41) is 32.7. The number of hydrogen-bond donors (Lipinski definition) is 3. The third-order valence-electron chi connectivity index (χ3n) is 3.07. The Morgan fingerprint density at radius 3 is 2.43 bits per heavy atom. The van der Waals surface area contributed by atoms with Crippen LogP contribution < -0.4 is 4.74 Å². The van der Waals surface area contributed by atoms with Gasteiger partial charge in [-0.2, -0.15) is 0 Å². The fourth-order valence-corrected chi connectivity index (χ4v) is 2.17. The maximum Gasteiger partial charge on any atom is 0.229 e. The van der Waals surface area contributed by atoms with Gasteiger partial charge in [-0.1, -0.05) is 5.11 Å². The summed E-state index contributed by atoms with van der Waals surface area (Å²) >= 11 is 5.63. The highest BCUT2D eigenvalue weighted by Gasteiger charge is 2.44. The molecule has 0 unspecified atom stereocenters. The van der Waals surface area contributed by atoms with Crippen LogP contribution in [0.1, 0.15) is 0 Å². The first kappa shape index (κ1) is 15.8. The Morgan fingerprint density at radius 1 is 1.19 bits per heavy atom. The van der Waals surface area contributed by atoms with E-state index in [1.807, 2.05) is 0 Å². The van der Waals surface area contributed by atoms with E-state index < -0.39 is 30.7 Å². The molecule has 1 aliphatic heterocycles. The Labute approximate surface area is 125 Å². The first-order valence-corrected chi connectivity index (χ1v) is 6.67. The second-order valence-electron chi connectivity index (χ2n) is 4.47. The average molecular weight is 316 g/mol. The van der Waals surface area contributed by atoms with Gasteiger partial charge in [0.05, 0.1) is 5.88 Å². The van der Waals surface area contributed by atoms with E-state index in [1.165, 1.54) is 24.3 Å². The van der Waals surface area contributed by atoms with Crippen molar-refractivity contribution in [2.24, 2.45) is 5.11 Å². The van der Waals surface area contributed by atoms with Crippen molar-refractivity contribution in [1.82, 2.24) is 0 Å². The summed E-state index contributed by atoms with van der Waals surface area (Å²) in [7, 11) is 0. The molecule has 1 aromatic rings. The molecule has 1 saturated heterocycles. The van der Waals surface area contributed by atoms with Crippen molar-refractivity contribution in [3.63, 3.8) is 0 Å². The molecule has 0 aromatic heterocycles. The standard InChI is InChI=1S/C12H14ClN3O5/c13-5-8-9(17)10(18)11(19)12(21-8)20-7-3-1-6(2-4-7)15-16-14/h1-4,8-12,17-19H,5H2/t8-,9-,10+,11+,12-/m1/s1. The van der Waals surface area contributed by atoms with Crippen molar-refractivity contribution in [3.8, 4) is 5.75 Å². The molecular formula is C12H14ClN3O5. The lowest BCUT2D eigenvalue weighted by atomic mass is 10.00. The average Bonchev–Trinajstić information content (AvgIpc) is 2.50. The number of aliphatic hydroxyl groups excluding tert-OH is 3. The van der Waals surface area contributed by atoms with Gasteiger partial charge in [0.15, 0.2) is 0 Å². The number of alkyl halides is 1. The summed E-state index contributed by atoms with van der Waals surface area (Å²) < 4.78 is 10.7. The van der Waals surface area contributed by atoms with Gasteiger partial charge < -0.3 is 24.8 Å².